The largest absolute Gasteiger partial charge is 0.573 e. The summed E-state index contributed by atoms with van der Waals surface area (Å²) < 4.78 is 40.2. The molecule has 0 fully saturated rings. The highest BCUT2D eigenvalue weighted by Gasteiger charge is 2.31. The number of amides is 1. The van der Waals surface area contributed by atoms with E-state index in [0.29, 0.717) is 18.2 Å². The quantitative estimate of drug-likeness (QED) is 0.849. The van der Waals surface area contributed by atoms with E-state index in [9.17, 15) is 18.0 Å². The van der Waals surface area contributed by atoms with Crippen LogP contribution in [0.3, 0.4) is 0 Å². The lowest BCUT2D eigenvalue weighted by Crippen LogP contribution is -2.39. The molecule has 0 heterocycles. The fourth-order valence-corrected chi connectivity index (χ4v) is 1.56. The Hall–Kier alpha value is -1.92. The predicted octanol–water partition coefficient (Wildman–Crippen LogP) is 3.16. The van der Waals surface area contributed by atoms with Crippen molar-refractivity contribution in [3.05, 3.63) is 24.3 Å². The fraction of sp³-hybridized carbons (Fsp3) is 0.500. The number of ether oxygens (including phenoxy) is 1. The van der Waals surface area contributed by atoms with Crippen LogP contribution < -0.4 is 15.4 Å². The van der Waals surface area contributed by atoms with Gasteiger partial charge in [-0.2, -0.15) is 0 Å². The average molecular weight is 304 g/mol. The Bertz CT molecular complexity index is 476. The number of carbonyl (C=O) groups excluding carboxylic acids is 1. The summed E-state index contributed by atoms with van der Waals surface area (Å²) in [5, 5.41) is 5.57. The zero-order chi connectivity index (χ0) is 16.0. The number of rotatable bonds is 6. The van der Waals surface area contributed by atoms with Gasteiger partial charge in [-0.1, -0.05) is 19.9 Å². The maximum atomic E-state index is 12.1. The van der Waals surface area contributed by atoms with Crippen LogP contribution in [0.25, 0.3) is 0 Å². The number of hydrogen-bond acceptors (Lipinski definition) is 3. The topological polar surface area (TPSA) is 50.4 Å². The summed E-state index contributed by atoms with van der Waals surface area (Å²) in [6.45, 7) is 6.11. The molecule has 0 spiro atoms. The molecule has 2 N–H and O–H groups in total. The van der Waals surface area contributed by atoms with Gasteiger partial charge < -0.3 is 15.4 Å². The zero-order valence-electron chi connectivity index (χ0n) is 12.1. The molecule has 0 aliphatic heterocycles. The van der Waals surface area contributed by atoms with Gasteiger partial charge in [-0.3, -0.25) is 4.79 Å². The Morgan fingerprint density at radius 3 is 2.52 bits per heavy atom. The van der Waals surface area contributed by atoms with Gasteiger partial charge in [0.05, 0.1) is 0 Å². The first-order valence-corrected chi connectivity index (χ1v) is 6.57. The molecule has 0 aliphatic carbocycles. The van der Waals surface area contributed by atoms with Crippen molar-refractivity contribution in [1.82, 2.24) is 5.32 Å². The molecule has 1 aromatic rings. The van der Waals surface area contributed by atoms with Gasteiger partial charge in [0.2, 0.25) is 5.91 Å². The van der Waals surface area contributed by atoms with E-state index in [4.69, 9.17) is 0 Å². The number of anilines is 1. The molecule has 0 saturated heterocycles. The van der Waals surface area contributed by atoms with Crippen molar-refractivity contribution in [2.24, 2.45) is 5.92 Å². The monoisotopic (exact) mass is 304 g/mol. The van der Waals surface area contributed by atoms with Gasteiger partial charge in [0, 0.05) is 18.3 Å². The van der Waals surface area contributed by atoms with Crippen LogP contribution >= 0.6 is 0 Å². The molecule has 0 radical (unpaired) electrons. The summed E-state index contributed by atoms with van der Waals surface area (Å²) in [4.78, 5) is 11.8. The minimum absolute atomic E-state index is 0.217. The van der Waals surface area contributed by atoms with E-state index in [-0.39, 0.29) is 11.7 Å². The summed E-state index contributed by atoms with van der Waals surface area (Å²) in [7, 11) is 0. The van der Waals surface area contributed by atoms with Crippen LogP contribution in [0.5, 0.6) is 5.75 Å². The van der Waals surface area contributed by atoms with Crippen molar-refractivity contribution < 1.29 is 22.7 Å². The van der Waals surface area contributed by atoms with Crippen LogP contribution in [-0.2, 0) is 4.79 Å². The van der Waals surface area contributed by atoms with Crippen LogP contribution in [0.15, 0.2) is 24.3 Å². The second-order valence-electron chi connectivity index (χ2n) is 5.08. The van der Waals surface area contributed by atoms with Crippen LogP contribution in [-0.4, -0.2) is 24.9 Å². The first kappa shape index (κ1) is 17.1. The van der Waals surface area contributed by atoms with E-state index in [1.807, 2.05) is 13.8 Å². The smallest absolute Gasteiger partial charge is 0.406 e. The SMILES string of the molecule is CC(C)CNC(=O)C(C)Nc1cccc(OC(F)(F)F)c1. The molecule has 21 heavy (non-hydrogen) atoms. The van der Waals surface area contributed by atoms with Gasteiger partial charge in [-0.05, 0) is 25.0 Å². The molecule has 7 heteroatoms. The first-order valence-electron chi connectivity index (χ1n) is 6.57. The Labute approximate surface area is 121 Å². The number of carbonyl (C=O) groups is 1. The van der Waals surface area contributed by atoms with E-state index >= 15 is 0 Å². The average Bonchev–Trinajstić information content (AvgIpc) is 2.34. The normalized spacial score (nSPS) is 12.9. The highest BCUT2D eigenvalue weighted by molar-refractivity contribution is 5.84. The Morgan fingerprint density at radius 1 is 1.29 bits per heavy atom. The third-order valence-corrected chi connectivity index (χ3v) is 2.53. The van der Waals surface area contributed by atoms with Crippen LogP contribution in [0, 0.1) is 5.92 Å². The molecule has 0 aliphatic rings. The summed E-state index contributed by atoms with van der Waals surface area (Å²) >= 11 is 0. The third kappa shape index (κ3) is 6.87. The zero-order valence-corrected chi connectivity index (χ0v) is 12.1. The van der Waals surface area contributed by atoms with Crippen molar-refractivity contribution >= 4 is 11.6 Å². The predicted molar refractivity (Wildman–Crippen MR) is 74.1 cm³/mol. The van der Waals surface area contributed by atoms with Crippen molar-refractivity contribution in [2.45, 2.75) is 33.2 Å². The maximum absolute atomic E-state index is 12.1. The second kappa shape index (κ2) is 7.19. The molecular formula is C14H19F3N2O2. The van der Waals surface area contributed by atoms with Gasteiger partial charge in [0.15, 0.2) is 0 Å². The van der Waals surface area contributed by atoms with Crippen molar-refractivity contribution in [1.29, 1.82) is 0 Å². The Kier molecular flexibility index (Phi) is 5.87. The van der Waals surface area contributed by atoms with E-state index in [2.05, 4.69) is 15.4 Å². The number of halogens is 3. The summed E-state index contributed by atoms with van der Waals surface area (Å²) in [6.07, 6.45) is -4.74. The molecular weight excluding hydrogens is 285 g/mol. The van der Waals surface area contributed by atoms with Gasteiger partial charge in [-0.25, -0.2) is 0 Å². The van der Waals surface area contributed by atoms with Crippen LogP contribution in [0.4, 0.5) is 18.9 Å². The Morgan fingerprint density at radius 2 is 1.95 bits per heavy atom. The molecule has 0 bridgehead atoms. The van der Waals surface area contributed by atoms with Gasteiger partial charge >= 0.3 is 6.36 Å². The van der Waals surface area contributed by atoms with E-state index < -0.39 is 12.4 Å². The van der Waals surface area contributed by atoms with Crippen LogP contribution in [0.1, 0.15) is 20.8 Å². The standard InChI is InChI=1S/C14H19F3N2O2/c1-9(2)8-18-13(20)10(3)19-11-5-4-6-12(7-11)21-14(15,16)17/h4-7,9-10,19H,8H2,1-3H3,(H,18,20). The number of hydrogen-bond donors (Lipinski definition) is 2. The lowest BCUT2D eigenvalue weighted by Gasteiger charge is -2.17. The molecule has 0 saturated carbocycles. The summed E-state index contributed by atoms with van der Waals surface area (Å²) in [6, 6.07) is 4.81. The van der Waals surface area contributed by atoms with Crippen molar-refractivity contribution in [3.8, 4) is 5.75 Å². The molecule has 1 unspecified atom stereocenters. The van der Waals surface area contributed by atoms with E-state index in [1.54, 1.807) is 13.0 Å². The minimum Gasteiger partial charge on any atom is -0.406 e. The van der Waals surface area contributed by atoms with Gasteiger partial charge in [0.25, 0.3) is 0 Å². The van der Waals surface area contributed by atoms with Crippen molar-refractivity contribution in [2.75, 3.05) is 11.9 Å². The molecule has 0 aromatic heterocycles. The lowest BCUT2D eigenvalue weighted by molar-refractivity contribution is -0.274. The van der Waals surface area contributed by atoms with E-state index in [1.165, 1.54) is 18.2 Å². The fourth-order valence-electron chi connectivity index (χ4n) is 1.56. The van der Waals surface area contributed by atoms with Crippen LogP contribution in [0.2, 0.25) is 0 Å². The molecule has 1 atom stereocenters. The minimum atomic E-state index is -4.74. The van der Waals surface area contributed by atoms with E-state index in [0.717, 1.165) is 0 Å². The van der Waals surface area contributed by atoms with Crippen molar-refractivity contribution in [3.63, 3.8) is 0 Å². The molecule has 1 rings (SSSR count). The first-order chi connectivity index (χ1) is 9.67. The maximum Gasteiger partial charge on any atom is 0.573 e. The highest BCUT2D eigenvalue weighted by Crippen LogP contribution is 2.25. The third-order valence-electron chi connectivity index (χ3n) is 2.53. The number of benzene rings is 1. The van der Waals surface area contributed by atoms with Gasteiger partial charge in [0.1, 0.15) is 11.8 Å². The second-order valence-corrected chi connectivity index (χ2v) is 5.08. The highest BCUT2D eigenvalue weighted by atomic mass is 19.4. The molecule has 118 valence electrons. The summed E-state index contributed by atoms with van der Waals surface area (Å²) in [5.41, 5.74) is 0.379. The number of nitrogens with one attached hydrogen (secondary N) is 2. The molecule has 4 nitrogen and oxygen atoms in total. The Balaban J connectivity index is 2.62. The lowest BCUT2D eigenvalue weighted by atomic mass is 10.2. The molecule has 1 amide bonds. The summed E-state index contributed by atoms with van der Waals surface area (Å²) in [5.74, 6) is -0.224. The van der Waals surface area contributed by atoms with Gasteiger partial charge in [-0.15, -0.1) is 13.2 Å². The number of alkyl halides is 3. The molecule has 1 aromatic carbocycles.